The van der Waals surface area contributed by atoms with E-state index in [1.165, 1.54) is 0 Å². The number of pyridine rings is 1. The molecular weight excluding hydrogens is 398 g/mol. The SMILES string of the molecule is c1ccc(Oc2cccc(-c3ccc4nnc(-c5ccc6nccnc6c5)n4c3)c2)cc1. The first-order valence-electron chi connectivity index (χ1n) is 10.2. The predicted molar refractivity (Wildman–Crippen MR) is 123 cm³/mol. The standard InChI is InChI=1S/C26H17N5O/c1-2-6-21(7-3-1)32-22-8-4-5-18(15-22)20-10-12-25-29-30-26(31(25)17-20)19-9-11-23-24(16-19)28-14-13-27-23/h1-17H. The topological polar surface area (TPSA) is 65.2 Å². The molecule has 0 aliphatic rings. The van der Waals surface area contributed by atoms with Crippen molar-refractivity contribution >= 4 is 16.7 Å². The van der Waals surface area contributed by atoms with Gasteiger partial charge < -0.3 is 4.74 Å². The molecule has 32 heavy (non-hydrogen) atoms. The zero-order valence-electron chi connectivity index (χ0n) is 17.0. The number of para-hydroxylation sites is 1. The van der Waals surface area contributed by atoms with Crippen molar-refractivity contribution < 1.29 is 4.74 Å². The minimum atomic E-state index is 0.756. The van der Waals surface area contributed by atoms with Gasteiger partial charge in [0.2, 0.25) is 0 Å². The van der Waals surface area contributed by atoms with Gasteiger partial charge in [0.25, 0.3) is 0 Å². The summed E-state index contributed by atoms with van der Waals surface area (Å²) >= 11 is 0. The quantitative estimate of drug-likeness (QED) is 0.364. The summed E-state index contributed by atoms with van der Waals surface area (Å²) in [5, 5.41) is 8.76. The van der Waals surface area contributed by atoms with E-state index >= 15 is 0 Å². The molecule has 0 aliphatic carbocycles. The summed E-state index contributed by atoms with van der Waals surface area (Å²) in [5.74, 6) is 2.34. The number of nitrogens with zero attached hydrogens (tertiary/aromatic N) is 5. The van der Waals surface area contributed by atoms with Crippen LogP contribution in [-0.4, -0.2) is 24.6 Å². The molecule has 3 aromatic heterocycles. The first kappa shape index (κ1) is 18.2. The maximum absolute atomic E-state index is 6.00. The number of benzene rings is 3. The summed E-state index contributed by atoms with van der Waals surface area (Å²) in [6.45, 7) is 0. The second-order valence-corrected chi connectivity index (χ2v) is 7.37. The van der Waals surface area contributed by atoms with E-state index in [1.54, 1.807) is 12.4 Å². The van der Waals surface area contributed by atoms with Gasteiger partial charge in [-0.1, -0.05) is 30.3 Å². The van der Waals surface area contributed by atoms with Gasteiger partial charge in [-0.15, -0.1) is 10.2 Å². The van der Waals surface area contributed by atoms with E-state index in [4.69, 9.17) is 4.74 Å². The maximum Gasteiger partial charge on any atom is 0.168 e. The van der Waals surface area contributed by atoms with Gasteiger partial charge in [0.15, 0.2) is 11.5 Å². The molecule has 152 valence electrons. The van der Waals surface area contributed by atoms with Crippen LogP contribution in [0.2, 0.25) is 0 Å². The van der Waals surface area contributed by atoms with E-state index in [0.29, 0.717) is 0 Å². The molecule has 0 aliphatic heterocycles. The van der Waals surface area contributed by atoms with Crippen molar-refractivity contribution in [1.82, 2.24) is 24.6 Å². The highest BCUT2D eigenvalue weighted by Crippen LogP contribution is 2.29. The zero-order valence-corrected chi connectivity index (χ0v) is 17.0. The Hall–Kier alpha value is -4.58. The van der Waals surface area contributed by atoms with Crippen LogP contribution in [0.1, 0.15) is 0 Å². The van der Waals surface area contributed by atoms with Gasteiger partial charge in [0, 0.05) is 24.2 Å². The van der Waals surface area contributed by atoms with E-state index in [-0.39, 0.29) is 0 Å². The summed E-state index contributed by atoms with van der Waals surface area (Å²) in [6, 6.07) is 27.8. The maximum atomic E-state index is 6.00. The summed E-state index contributed by atoms with van der Waals surface area (Å²) in [4.78, 5) is 8.75. The van der Waals surface area contributed by atoms with Gasteiger partial charge in [-0.2, -0.15) is 0 Å². The third-order valence-corrected chi connectivity index (χ3v) is 5.28. The molecule has 0 fully saturated rings. The van der Waals surface area contributed by atoms with Gasteiger partial charge in [0.05, 0.1) is 11.0 Å². The first-order chi connectivity index (χ1) is 15.8. The molecule has 0 saturated heterocycles. The Morgan fingerprint density at radius 1 is 0.594 bits per heavy atom. The molecular formula is C26H17N5O. The van der Waals surface area contributed by atoms with Crippen LogP contribution in [-0.2, 0) is 0 Å². The minimum Gasteiger partial charge on any atom is -0.457 e. The molecule has 6 heteroatoms. The number of rotatable bonds is 4. The number of ether oxygens (including phenoxy) is 1. The molecule has 0 radical (unpaired) electrons. The van der Waals surface area contributed by atoms with Crippen molar-refractivity contribution in [2.75, 3.05) is 0 Å². The summed E-state index contributed by atoms with van der Waals surface area (Å²) < 4.78 is 8.00. The van der Waals surface area contributed by atoms with Gasteiger partial charge in [-0.05, 0) is 65.7 Å². The average Bonchev–Trinajstić information content (AvgIpc) is 3.28. The van der Waals surface area contributed by atoms with Gasteiger partial charge in [-0.3, -0.25) is 14.4 Å². The minimum absolute atomic E-state index is 0.756. The van der Waals surface area contributed by atoms with Crippen LogP contribution in [0.5, 0.6) is 11.5 Å². The molecule has 6 aromatic rings. The molecule has 6 rings (SSSR count). The van der Waals surface area contributed by atoms with Crippen LogP contribution in [0.4, 0.5) is 0 Å². The van der Waals surface area contributed by atoms with Crippen LogP contribution in [0.3, 0.4) is 0 Å². The van der Waals surface area contributed by atoms with Crippen LogP contribution in [0, 0.1) is 0 Å². The smallest absolute Gasteiger partial charge is 0.168 e. The molecule has 0 unspecified atom stereocenters. The monoisotopic (exact) mass is 415 g/mol. The lowest BCUT2D eigenvalue weighted by molar-refractivity contribution is 0.483. The molecule has 0 bridgehead atoms. The number of fused-ring (bicyclic) bond motifs is 2. The Labute approximate surface area is 183 Å². The van der Waals surface area contributed by atoms with Gasteiger partial charge in [0.1, 0.15) is 11.5 Å². The first-order valence-corrected chi connectivity index (χ1v) is 10.2. The van der Waals surface area contributed by atoms with Crippen molar-refractivity contribution in [2.24, 2.45) is 0 Å². The Balaban J connectivity index is 1.40. The van der Waals surface area contributed by atoms with Crippen molar-refractivity contribution in [1.29, 1.82) is 0 Å². The van der Waals surface area contributed by atoms with E-state index in [1.807, 2.05) is 89.5 Å². The fourth-order valence-corrected chi connectivity index (χ4v) is 3.72. The normalized spacial score (nSPS) is 11.1. The Morgan fingerprint density at radius 2 is 1.41 bits per heavy atom. The second-order valence-electron chi connectivity index (χ2n) is 7.37. The fourth-order valence-electron chi connectivity index (χ4n) is 3.72. The lowest BCUT2D eigenvalue weighted by atomic mass is 10.1. The average molecular weight is 415 g/mol. The highest BCUT2D eigenvalue weighted by molar-refractivity contribution is 5.80. The lowest BCUT2D eigenvalue weighted by Gasteiger charge is -2.09. The third kappa shape index (κ3) is 3.33. The van der Waals surface area contributed by atoms with Crippen LogP contribution >= 0.6 is 0 Å². The molecule has 0 spiro atoms. The zero-order chi connectivity index (χ0) is 21.3. The highest BCUT2D eigenvalue weighted by Gasteiger charge is 2.11. The number of hydrogen-bond donors (Lipinski definition) is 0. The molecule has 0 N–H and O–H groups in total. The van der Waals surface area contributed by atoms with Crippen molar-refractivity contribution in [2.45, 2.75) is 0 Å². The third-order valence-electron chi connectivity index (χ3n) is 5.28. The molecule has 3 aromatic carbocycles. The van der Waals surface area contributed by atoms with E-state index in [9.17, 15) is 0 Å². The Bertz CT molecular complexity index is 1560. The van der Waals surface area contributed by atoms with E-state index in [0.717, 1.165) is 50.7 Å². The largest absolute Gasteiger partial charge is 0.457 e. The van der Waals surface area contributed by atoms with Gasteiger partial charge in [-0.25, -0.2) is 0 Å². The van der Waals surface area contributed by atoms with Crippen LogP contribution in [0.15, 0.2) is 104 Å². The van der Waals surface area contributed by atoms with Crippen LogP contribution in [0.25, 0.3) is 39.2 Å². The van der Waals surface area contributed by atoms with Crippen molar-refractivity contribution in [3.8, 4) is 34.0 Å². The Kier molecular flexibility index (Phi) is 4.32. The van der Waals surface area contributed by atoms with Crippen LogP contribution < -0.4 is 4.74 Å². The molecule has 0 amide bonds. The van der Waals surface area contributed by atoms with Crippen molar-refractivity contribution in [3.05, 3.63) is 104 Å². The lowest BCUT2D eigenvalue weighted by Crippen LogP contribution is -1.92. The predicted octanol–water partition coefficient (Wildman–Crippen LogP) is 5.80. The van der Waals surface area contributed by atoms with E-state index in [2.05, 4.69) is 26.2 Å². The molecule has 0 saturated carbocycles. The molecule has 3 heterocycles. The number of aromatic nitrogens is 5. The molecule has 0 atom stereocenters. The Morgan fingerprint density at radius 3 is 2.31 bits per heavy atom. The summed E-state index contributed by atoms with van der Waals surface area (Å²) in [6.07, 6.45) is 5.43. The van der Waals surface area contributed by atoms with Crippen molar-refractivity contribution in [3.63, 3.8) is 0 Å². The fraction of sp³-hybridized carbons (Fsp3) is 0. The highest BCUT2D eigenvalue weighted by atomic mass is 16.5. The second kappa shape index (κ2) is 7.59. The number of hydrogen-bond acceptors (Lipinski definition) is 5. The summed E-state index contributed by atoms with van der Waals surface area (Å²) in [7, 11) is 0. The van der Waals surface area contributed by atoms with E-state index < -0.39 is 0 Å². The van der Waals surface area contributed by atoms with Gasteiger partial charge >= 0.3 is 0 Å². The molecule has 6 nitrogen and oxygen atoms in total. The summed E-state index contributed by atoms with van der Waals surface area (Å²) in [5.41, 5.74) is 5.47.